The summed E-state index contributed by atoms with van der Waals surface area (Å²) in [5, 5.41) is 4.95. The summed E-state index contributed by atoms with van der Waals surface area (Å²) in [6.45, 7) is 1.49. The number of ether oxygens (including phenoxy) is 1. The highest BCUT2D eigenvalue weighted by molar-refractivity contribution is 7.89. The van der Waals surface area contributed by atoms with Crippen molar-refractivity contribution in [2.24, 2.45) is 5.14 Å². The van der Waals surface area contributed by atoms with Crippen LogP contribution in [0.2, 0.25) is 0 Å². The number of hydrogen-bond acceptors (Lipinski definition) is 4. The van der Waals surface area contributed by atoms with Crippen LogP contribution in [0.25, 0.3) is 0 Å². The highest BCUT2D eigenvalue weighted by Gasteiger charge is 2.19. The van der Waals surface area contributed by atoms with Crippen LogP contribution in [0.3, 0.4) is 0 Å². The van der Waals surface area contributed by atoms with Gasteiger partial charge < -0.3 is 9.64 Å². The van der Waals surface area contributed by atoms with Crippen molar-refractivity contribution in [2.45, 2.75) is 36.6 Å². The third-order valence-electron chi connectivity index (χ3n) is 3.86. The fourth-order valence-electron chi connectivity index (χ4n) is 2.59. The zero-order valence-electron chi connectivity index (χ0n) is 12.1. The minimum atomic E-state index is -3.89. The Morgan fingerprint density at radius 3 is 2.81 bits per heavy atom. The van der Waals surface area contributed by atoms with Crippen LogP contribution in [0.1, 0.15) is 25.7 Å². The summed E-state index contributed by atoms with van der Waals surface area (Å²) in [6, 6.07) is 3.91. The second-order valence-corrected chi connectivity index (χ2v) is 6.97. The SMILES string of the molecule is CN1CCCCC1CCOc1ccc(S(N)(=O)=O)cc1F. The fraction of sp³-hybridized carbons (Fsp3) is 0.571. The number of nitrogens with two attached hydrogens (primary N) is 1. The van der Waals surface area contributed by atoms with Gasteiger partial charge in [-0.1, -0.05) is 6.42 Å². The second kappa shape index (κ2) is 6.72. The van der Waals surface area contributed by atoms with Crippen molar-refractivity contribution in [1.82, 2.24) is 4.90 Å². The van der Waals surface area contributed by atoms with Crippen LogP contribution < -0.4 is 9.88 Å². The predicted molar refractivity (Wildman–Crippen MR) is 78.2 cm³/mol. The number of halogens is 1. The van der Waals surface area contributed by atoms with Gasteiger partial charge in [-0.3, -0.25) is 0 Å². The summed E-state index contributed by atoms with van der Waals surface area (Å²) in [4.78, 5) is 2.05. The summed E-state index contributed by atoms with van der Waals surface area (Å²) in [7, 11) is -1.80. The molecular weight excluding hydrogens is 295 g/mol. The number of primary sulfonamides is 1. The fourth-order valence-corrected chi connectivity index (χ4v) is 3.11. The molecule has 1 heterocycles. The molecule has 118 valence electrons. The van der Waals surface area contributed by atoms with Crippen LogP contribution in [-0.4, -0.2) is 39.6 Å². The first-order chi connectivity index (χ1) is 9.88. The Labute approximate surface area is 124 Å². The molecule has 0 spiro atoms. The molecule has 0 bridgehead atoms. The van der Waals surface area contributed by atoms with Gasteiger partial charge in [-0.25, -0.2) is 17.9 Å². The van der Waals surface area contributed by atoms with E-state index < -0.39 is 15.8 Å². The number of sulfonamides is 1. The lowest BCUT2D eigenvalue weighted by molar-refractivity contribution is 0.151. The molecule has 0 saturated carbocycles. The predicted octanol–water partition coefficient (Wildman–Crippen LogP) is 1.73. The van der Waals surface area contributed by atoms with E-state index in [9.17, 15) is 12.8 Å². The number of hydrogen-bond donors (Lipinski definition) is 1. The molecule has 21 heavy (non-hydrogen) atoms. The standard InChI is InChI=1S/C14H21FN2O3S/c1-17-8-3-2-4-11(17)7-9-20-14-6-5-12(10-13(14)15)21(16,18)19/h5-6,10-11H,2-4,7-9H2,1H3,(H2,16,18,19). The van der Waals surface area contributed by atoms with Gasteiger partial charge in [-0.05, 0) is 51.1 Å². The zero-order valence-corrected chi connectivity index (χ0v) is 12.9. The summed E-state index contributed by atoms with van der Waals surface area (Å²) in [6.07, 6.45) is 4.39. The van der Waals surface area contributed by atoms with Gasteiger partial charge in [0.1, 0.15) is 0 Å². The molecule has 1 saturated heterocycles. The van der Waals surface area contributed by atoms with Crippen molar-refractivity contribution in [1.29, 1.82) is 0 Å². The Morgan fingerprint density at radius 2 is 2.19 bits per heavy atom. The normalized spacial score (nSPS) is 20.4. The average Bonchev–Trinajstić information content (AvgIpc) is 2.41. The monoisotopic (exact) mass is 316 g/mol. The second-order valence-electron chi connectivity index (χ2n) is 5.40. The molecule has 1 unspecified atom stereocenters. The molecule has 1 aliphatic heterocycles. The van der Waals surface area contributed by atoms with Crippen molar-refractivity contribution in [3.63, 3.8) is 0 Å². The van der Waals surface area contributed by atoms with Gasteiger partial charge in [-0.15, -0.1) is 0 Å². The van der Waals surface area contributed by atoms with E-state index >= 15 is 0 Å². The Kier molecular flexibility index (Phi) is 5.18. The maximum Gasteiger partial charge on any atom is 0.238 e. The lowest BCUT2D eigenvalue weighted by Crippen LogP contribution is -2.37. The average molecular weight is 316 g/mol. The minimum Gasteiger partial charge on any atom is -0.490 e. The van der Waals surface area contributed by atoms with Gasteiger partial charge in [0, 0.05) is 6.04 Å². The van der Waals surface area contributed by atoms with Crippen LogP contribution in [0.5, 0.6) is 5.75 Å². The highest BCUT2D eigenvalue weighted by Crippen LogP contribution is 2.22. The van der Waals surface area contributed by atoms with Crippen molar-refractivity contribution in [3.05, 3.63) is 24.0 Å². The number of rotatable bonds is 5. The summed E-state index contributed by atoms with van der Waals surface area (Å²) in [5.74, 6) is -0.653. The van der Waals surface area contributed by atoms with Gasteiger partial charge in [0.2, 0.25) is 10.0 Å². The largest absolute Gasteiger partial charge is 0.490 e. The Balaban J connectivity index is 1.91. The molecular formula is C14H21FN2O3S. The van der Waals surface area contributed by atoms with E-state index in [1.807, 2.05) is 0 Å². The molecule has 0 amide bonds. The van der Waals surface area contributed by atoms with E-state index in [1.165, 1.54) is 25.0 Å². The van der Waals surface area contributed by atoms with Crippen molar-refractivity contribution in [3.8, 4) is 5.75 Å². The lowest BCUT2D eigenvalue weighted by Gasteiger charge is -2.32. The van der Waals surface area contributed by atoms with Crippen LogP contribution in [0.4, 0.5) is 4.39 Å². The number of piperidine rings is 1. The van der Waals surface area contributed by atoms with E-state index in [1.54, 1.807) is 0 Å². The summed E-state index contributed by atoms with van der Waals surface area (Å²) >= 11 is 0. The molecule has 0 radical (unpaired) electrons. The molecule has 1 fully saturated rings. The number of nitrogens with zero attached hydrogens (tertiary/aromatic N) is 1. The summed E-state index contributed by atoms with van der Waals surface area (Å²) < 4.78 is 41.4. The van der Waals surface area contributed by atoms with Crippen molar-refractivity contribution in [2.75, 3.05) is 20.2 Å². The summed E-state index contributed by atoms with van der Waals surface area (Å²) in [5.41, 5.74) is 0. The van der Waals surface area contributed by atoms with Gasteiger partial charge in [0.25, 0.3) is 0 Å². The maximum atomic E-state index is 13.8. The van der Waals surface area contributed by atoms with E-state index in [0.29, 0.717) is 12.6 Å². The molecule has 1 atom stereocenters. The minimum absolute atomic E-state index is 0.0564. The van der Waals surface area contributed by atoms with Gasteiger partial charge in [0.05, 0.1) is 11.5 Å². The topological polar surface area (TPSA) is 72.6 Å². The van der Waals surface area contributed by atoms with Crippen molar-refractivity contribution >= 4 is 10.0 Å². The van der Waals surface area contributed by atoms with Gasteiger partial charge in [0.15, 0.2) is 11.6 Å². The molecule has 2 rings (SSSR count). The maximum absolute atomic E-state index is 13.8. The number of benzene rings is 1. The Hall–Kier alpha value is -1.18. The quantitative estimate of drug-likeness (QED) is 0.898. The van der Waals surface area contributed by atoms with E-state index in [-0.39, 0.29) is 10.6 Å². The third kappa shape index (κ3) is 4.39. The highest BCUT2D eigenvalue weighted by atomic mass is 32.2. The third-order valence-corrected chi connectivity index (χ3v) is 4.77. The van der Waals surface area contributed by atoms with Crippen LogP contribution in [0, 0.1) is 5.82 Å². The van der Waals surface area contributed by atoms with Crippen LogP contribution in [0.15, 0.2) is 23.1 Å². The van der Waals surface area contributed by atoms with Crippen molar-refractivity contribution < 1.29 is 17.5 Å². The Bertz CT molecular complexity index is 592. The smallest absolute Gasteiger partial charge is 0.238 e. The Morgan fingerprint density at radius 1 is 1.43 bits per heavy atom. The first-order valence-corrected chi connectivity index (χ1v) is 8.58. The van der Waals surface area contributed by atoms with E-state index in [0.717, 1.165) is 25.5 Å². The first kappa shape index (κ1) is 16.2. The molecule has 2 N–H and O–H groups in total. The molecule has 0 aliphatic carbocycles. The molecule has 0 aromatic heterocycles. The molecule has 1 aromatic carbocycles. The molecule has 7 heteroatoms. The number of likely N-dealkylation sites (tertiary alicyclic amines) is 1. The van der Waals surface area contributed by atoms with Crippen LogP contribution >= 0.6 is 0 Å². The molecule has 1 aromatic rings. The molecule has 5 nitrogen and oxygen atoms in total. The zero-order chi connectivity index (χ0) is 15.5. The lowest BCUT2D eigenvalue weighted by atomic mass is 10.0. The molecule has 1 aliphatic rings. The van der Waals surface area contributed by atoms with Crippen LogP contribution in [-0.2, 0) is 10.0 Å². The van der Waals surface area contributed by atoms with Gasteiger partial charge >= 0.3 is 0 Å². The van der Waals surface area contributed by atoms with E-state index in [4.69, 9.17) is 9.88 Å². The first-order valence-electron chi connectivity index (χ1n) is 7.03. The van der Waals surface area contributed by atoms with Gasteiger partial charge in [-0.2, -0.15) is 0 Å². The van der Waals surface area contributed by atoms with E-state index in [2.05, 4.69) is 11.9 Å².